The van der Waals surface area contributed by atoms with Crippen molar-refractivity contribution in [2.75, 3.05) is 11.9 Å². The van der Waals surface area contributed by atoms with Crippen molar-refractivity contribution in [3.63, 3.8) is 0 Å². The molecule has 0 saturated carbocycles. The molecule has 2 heterocycles. The number of nitrogens with zero attached hydrogens (tertiary/aromatic N) is 1. The maximum atomic E-state index is 12.5. The minimum Gasteiger partial charge on any atom is -0.457 e. The van der Waals surface area contributed by atoms with Crippen LogP contribution in [0.1, 0.15) is 28.2 Å². The lowest BCUT2D eigenvalue weighted by Crippen LogP contribution is -2.31. The van der Waals surface area contributed by atoms with Crippen LogP contribution in [0.15, 0.2) is 47.9 Å². The minimum atomic E-state index is -0.574. The fraction of sp³-hybridized carbons (Fsp3) is 0.286. The van der Waals surface area contributed by atoms with Crippen molar-refractivity contribution in [1.82, 2.24) is 4.57 Å². The average Bonchev–Trinajstić information content (AvgIpc) is 2.95. The summed E-state index contributed by atoms with van der Waals surface area (Å²) < 4.78 is 7.12. The molecule has 1 aromatic heterocycles. The van der Waals surface area contributed by atoms with Gasteiger partial charge in [0.15, 0.2) is 6.61 Å². The summed E-state index contributed by atoms with van der Waals surface area (Å²) in [6.45, 7) is 7.75. The van der Waals surface area contributed by atoms with E-state index in [2.05, 4.69) is 11.9 Å². The van der Waals surface area contributed by atoms with Crippen LogP contribution in [-0.4, -0.2) is 34.1 Å². The molecule has 3 rings (SSSR count). The minimum absolute atomic E-state index is 0.0897. The first-order valence-corrected chi connectivity index (χ1v) is 9.81. The Bertz CT molecular complexity index is 948. The molecule has 1 N–H and O–H groups in total. The van der Waals surface area contributed by atoms with Crippen LogP contribution < -0.4 is 5.32 Å². The number of hydrogen-bond donors (Lipinski definition) is 1. The van der Waals surface area contributed by atoms with Gasteiger partial charge in [0.1, 0.15) is 0 Å². The number of allylic oxidation sites excluding steroid dienone is 1. The number of carbonyl (C=O) groups is 3. The number of carbonyl (C=O) groups excluding carboxylic acids is 3. The fourth-order valence-corrected chi connectivity index (χ4v) is 4.25. The molecule has 0 spiro atoms. The molecule has 1 aromatic carbocycles. The van der Waals surface area contributed by atoms with Crippen LogP contribution in [0.5, 0.6) is 0 Å². The summed E-state index contributed by atoms with van der Waals surface area (Å²) in [7, 11) is 0. The highest BCUT2D eigenvalue weighted by Crippen LogP contribution is 2.36. The summed E-state index contributed by atoms with van der Waals surface area (Å²) >= 11 is 1.33. The molecular formula is C21H22N2O4S. The molecule has 0 saturated heterocycles. The Morgan fingerprint density at radius 3 is 2.82 bits per heavy atom. The van der Waals surface area contributed by atoms with Crippen molar-refractivity contribution in [1.29, 1.82) is 0 Å². The largest absolute Gasteiger partial charge is 0.457 e. The molecule has 7 heteroatoms. The molecule has 0 aliphatic carbocycles. The molecule has 2 aromatic rings. The standard InChI is InChI=1S/C21H22N2O4S/c1-4-9-23-13(2)10-15(14(23)3)17(24)12-27-20(25)11-19-21(26)22-16-7-5-6-8-18(16)28-19/h4-8,10,19H,1,9,11-12H2,2-3H3,(H,22,26)/t19-/m0/s1. The number of Topliss-reactive ketones (excluding diaryl/α,β-unsaturated/α-hetero) is 1. The predicted octanol–water partition coefficient (Wildman–Crippen LogP) is 3.52. The molecule has 1 aliphatic rings. The quantitative estimate of drug-likeness (QED) is 0.439. The molecule has 28 heavy (non-hydrogen) atoms. The van der Waals surface area contributed by atoms with Gasteiger partial charge in [0.05, 0.1) is 17.4 Å². The Balaban J connectivity index is 1.57. The lowest BCUT2D eigenvalue weighted by molar-refractivity contribution is -0.143. The van der Waals surface area contributed by atoms with Crippen LogP contribution in [0.2, 0.25) is 0 Å². The van der Waals surface area contributed by atoms with Crippen molar-refractivity contribution in [3.05, 3.63) is 59.9 Å². The first kappa shape index (κ1) is 19.9. The highest BCUT2D eigenvalue weighted by atomic mass is 32.2. The highest BCUT2D eigenvalue weighted by Gasteiger charge is 2.29. The topological polar surface area (TPSA) is 77.4 Å². The summed E-state index contributed by atoms with van der Waals surface area (Å²) in [6.07, 6.45) is 1.67. The van der Waals surface area contributed by atoms with E-state index >= 15 is 0 Å². The van der Waals surface area contributed by atoms with E-state index in [1.54, 1.807) is 12.1 Å². The monoisotopic (exact) mass is 398 g/mol. The van der Waals surface area contributed by atoms with Gasteiger partial charge in [-0.2, -0.15) is 0 Å². The number of thioether (sulfide) groups is 1. The summed E-state index contributed by atoms with van der Waals surface area (Å²) in [5.41, 5.74) is 3.04. The molecule has 0 radical (unpaired) electrons. The van der Waals surface area contributed by atoms with Crippen molar-refractivity contribution >= 4 is 35.1 Å². The zero-order chi connectivity index (χ0) is 20.3. The molecule has 0 fully saturated rings. The van der Waals surface area contributed by atoms with Crippen LogP contribution in [0.25, 0.3) is 0 Å². The maximum Gasteiger partial charge on any atom is 0.307 e. The van der Waals surface area contributed by atoms with Gasteiger partial charge in [-0.05, 0) is 32.0 Å². The third-order valence-corrected chi connectivity index (χ3v) is 5.88. The zero-order valence-electron chi connectivity index (χ0n) is 15.9. The summed E-state index contributed by atoms with van der Waals surface area (Å²) in [4.78, 5) is 37.7. The van der Waals surface area contributed by atoms with Gasteiger partial charge in [0, 0.05) is 28.4 Å². The molecule has 6 nitrogen and oxygen atoms in total. The number of aryl methyl sites for hydroxylation is 1. The van der Waals surface area contributed by atoms with Crippen molar-refractivity contribution < 1.29 is 19.1 Å². The van der Waals surface area contributed by atoms with Crippen LogP contribution in [0.3, 0.4) is 0 Å². The average molecular weight is 398 g/mol. The maximum absolute atomic E-state index is 12.5. The summed E-state index contributed by atoms with van der Waals surface area (Å²) in [5.74, 6) is -1.07. The van der Waals surface area contributed by atoms with E-state index in [1.165, 1.54) is 11.8 Å². The third kappa shape index (κ3) is 4.20. The number of benzene rings is 1. The fourth-order valence-electron chi connectivity index (χ4n) is 3.15. The predicted molar refractivity (Wildman–Crippen MR) is 109 cm³/mol. The first-order chi connectivity index (χ1) is 13.4. The number of hydrogen-bond acceptors (Lipinski definition) is 5. The number of fused-ring (bicyclic) bond motifs is 1. The number of aromatic nitrogens is 1. The lowest BCUT2D eigenvalue weighted by atomic mass is 10.1. The highest BCUT2D eigenvalue weighted by molar-refractivity contribution is 8.01. The van der Waals surface area contributed by atoms with Crippen molar-refractivity contribution in [3.8, 4) is 0 Å². The second-order valence-electron chi connectivity index (χ2n) is 6.56. The molecular weight excluding hydrogens is 376 g/mol. The second kappa shape index (κ2) is 8.48. The molecule has 0 unspecified atom stereocenters. The van der Waals surface area contributed by atoms with Crippen LogP contribution in [-0.2, 0) is 20.9 Å². The number of ketones is 1. The number of anilines is 1. The Hall–Kier alpha value is -2.80. The van der Waals surface area contributed by atoms with Gasteiger partial charge in [-0.3, -0.25) is 14.4 Å². The van der Waals surface area contributed by atoms with Crippen LogP contribution >= 0.6 is 11.8 Å². The van der Waals surface area contributed by atoms with E-state index in [0.717, 1.165) is 22.0 Å². The number of ether oxygens (including phenoxy) is 1. The molecule has 146 valence electrons. The van der Waals surface area contributed by atoms with E-state index < -0.39 is 11.2 Å². The van der Waals surface area contributed by atoms with Crippen molar-refractivity contribution in [2.45, 2.75) is 37.0 Å². The van der Waals surface area contributed by atoms with E-state index in [4.69, 9.17) is 4.74 Å². The van der Waals surface area contributed by atoms with Crippen LogP contribution in [0.4, 0.5) is 5.69 Å². The van der Waals surface area contributed by atoms with Gasteiger partial charge in [-0.25, -0.2) is 0 Å². The SMILES string of the molecule is C=CCn1c(C)cc(C(=O)COC(=O)C[C@@H]2Sc3ccccc3NC2=O)c1C. The van der Waals surface area contributed by atoms with Gasteiger partial charge < -0.3 is 14.6 Å². The Kier molecular flexibility index (Phi) is 6.04. The van der Waals surface area contributed by atoms with Crippen LogP contribution in [0, 0.1) is 13.8 Å². The van der Waals surface area contributed by atoms with Crippen molar-refractivity contribution in [2.24, 2.45) is 0 Å². The van der Waals surface area contributed by atoms with Gasteiger partial charge in [0.2, 0.25) is 11.7 Å². The number of esters is 1. The summed E-state index contributed by atoms with van der Waals surface area (Å²) in [6, 6.07) is 9.21. The van der Waals surface area contributed by atoms with Gasteiger partial charge >= 0.3 is 5.97 Å². The van der Waals surface area contributed by atoms with E-state index in [9.17, 15) is 14.4 Å². The molecule has 1 amide bonds. The molecule has 1 aliphatic heterocycles. The number of amides is 1. The number of nitrogens with one attached hydrogen (secondary N) is 1. The van der Waals surface area contributed by atoms with Gasteiger partial charge in [-0.1, -0.05) is 18.2 Å². The van der Waals surface area contributed by atoms with E-state index in [-0.39, 0.29) is 24.7 Å². The second-order valence-corrected chi connectivity index (χ2v) is 7.81. The third-order valence-electron chi connectivity index (χ3n) is 4.61. The zero-order valence-corrected chi connectivity index (χ0v) is 16.7. The Morgan fingerprint density at radius 1 is 1.32 bits per heavy atom. The number of para-hydroxylation sites is 1. The van der Waals surface area contributed by atoms with E-state index in [0.29, 0.717) is 12.1 Å². The normalized spacial score (nSPS) is 15.5. The molecule has 0 bridgehead atoms. The van der Waals surface area contributed by atoms with Gasteiger partial charge in [0.25, 0.3) is 0 Å². The van der Waals surface area contributed by atoms with Gasteiger partial charge in [-0.15, -0.1) is 18.3 Å². The number of rotatable bonds is 7. The summed E-state index contributed by atoms with van der Waals surface area (Å²) in [5, 5.41) is 2.22. The van der Waals surface area contributed by atoms with E-state index in [1.807, 2.05) is 42.7 Å². The Morgan fingerprint density at radius 2 is 2.07 bits per heavy atom. The Labute approximate surface area is 167 Å². The molecule has 1 atom stereocenters. The smallest absolute Gasteiger partial charge is 0.307 e. The first-order valence-electron chi connectivity index (χ1n) is 8.93. The lowest BCUT2D eigenvalue weighted by Gasteiger charge is -2.23.